The van der Waals surface area contributed by atoms with E-state index >= 15 is 0 Å². The average Bonchev–Trinajstić information content (AvgIpc) is 3.19. The van der Waals surface area contributed by atoms with Crippen molar-refractivity contribution in [3.05, 3.63) is 11.6 Å². The van der Waals surface area contributed by atoms with Gasteiger partial charge in [-0.05, 0) is 179 Å². The maximum Gasteiger partial charge on any atom is 0.184 e. The predicted molar refractivity (Wildman–Crippen MR) is 223 cm³/mol. The number of nitrogens with zero attached hydrogens (tertiary/aromatic N) is 1. The molecule has 1 N–H and O–H groups in total. The van der Waals surface area contributed by atoms with Gasteiger partial charge in [0.2, 0.25) is 0 Å². The van der Waals surface area contributed by atoms with E-state index in [1.54, 1.807) is 7.11 Å². The lowest BCUT2D eigenvalue weighted by Gasteiger charge is -2.61. The zero-order valence-electron chi connectivity index (χ0n) is 36.2. The molecule has 3 saturated carbocycles. The Hall–Kier alpha value is -0.122. The molecule has 0 saturated heterocycles. The molecule has 0 amide bonds. The highest BCUT2D eigenvalue weighted by molar-refractivity contribution is 6.71. The fourth-order valence-corrected chi connectivity index (χ4v) is 16.4. The van der Waals surface area contributed by atoms with Gasteiger partial charge in [-0.3, -0.25) is 0 Å². The molecule has 0 aromatic carbocycles. The lowest BCUT2D eigenvalue weighted by atomic mass is 9.45. The van der Waals surface area contributed by atoms with Crippen molar-refractivity contribution < 1.29 is 27.6 Å². The van der Waals surface area contributed by atoms with E-state index in [9.17, 15) is 5.11 Å². The Balaban J connectivity index is 1.70. The fraction of sp³-hybridized carbons (Fsp3) is 0.925. The van der Waals surface area contributed by atoms with Crippen molar-refractivity contribution in [2.45, 2.75) is 194 Å². The van der Waals surface area contributed by atoms with Crippen molar-refractivity contribution in [1.82, 2.24) is 0 Å². The molecule has 4 aliphatic carbocycles. The average molecular weight is 782 g/mol. The van der Waals surface area contributed by atoms with Gasteiger partial charge in [0, 0.05) is 17.4 Å². The number of fused-ring (bicyclic) bond motifs is 5. The standard InChI is InChI=1S/C40H79NO6Si4/c1-28(34(44-48(7,8)9)21-22-37(2,3)47-51(16,17)18)29-20-24-40(42)31-25-33(41-43-6)32-26-35(45-49(10,11)12)36(46-50(13,14)15)27-38(32,4)30(31)19-23-39(29,40)5/h25,28-30,32,34-36,42H,19-24,26-27H2,1-18H3/b41-33-/t28-,29+,30-,32-,34+,35+,36-,38+,39+,40+/m0/s1. The first kappa shape index (κ1) is 43.6. The second-order valence-electron chi connectivity index (χ2n) is 22.0. The van der Waals surface area contributed by atoms with Crippen molar-refractivity contribution in [2.24, 2.45) is 39.7 Å². The molecule has 0 aliphatic heterocycles. The molecule has 7 nitrogen and oxygen atoms in total. The zero-order valence-corrected chi connectivity index (χ0v) is 40.2. The lowest BCUT2D eigenvalue weighted by molar-refractivity contribution is -0.122. The van der Waals surface area contributed by atoms with Crippen molar-refractivity contribution >= 4 is 39.0 Å². The van der Waals surface area contributed by atoms with Gasteiger partial charge in [-0.1, -0.05) is 25.9 Å². The highest BCUT2D eigenvalue weighted by atomic mass is 28.4. The van der Waals surface area contributed by atoms with Gasteiger partial charge in [-0.25, -0.2) is 0 Å². The topological polar surface area (TPSA) is 78.7 Å². The minimum absolute atomic E-state index is 0.0385. The number of allylic oxidation sites excluding steroid dienone is 1. The van der Waals surface area contributed by atoms with Gasteiger partial charge < -0.3 is 27.6 Å². The summed E-state index contributed by atoms with van der Waals surface area (Å²) in [5.41, 5.74) is 0.716. The third-order valence-electron chi connectivity index (χ3n) is 12.7. The van der Waals surface area contributed by atoms with Crippen LogP contribution in [0.1, 0.15) is 86.0 Å². The number of aliphatic hydroxyl groups is 1. The number of rotatable bonds is 14. The van der Waals surface area contributed by atoms with Crippen LogP contribution in [0, 0.1) is 34.5 Å². The Bertz CT molecular complexity index is 1300. The normalized spacial score (nSPS) is 37.0. The molecule has 11 heteroatoms. The SMILES string of the molecule is CO/N=C1/C=C2[C@H](CC[C@]3(C)[C@@H]([C@H](C)[C@@H](CCC(C)(C)O[Si](C)(C)C)O[Si](C)(C)C)CC[C@@]23O)[C@@]2(C)C[C@H](O[Si](C)(C)C)[C@H](O[Si](C)(C)C)C[C@@H]12. The maximum absolute atomic E-state index is 13.3. The molecule has 0 radical (unpaired) electrons. The molecule has 3 fully saturated rings. The van der Waals surface area contributed by atoms with Gasteiger partial charge in [0.1, 0.15) is 7.11 Å². The second kappa shape index (κ2) is 14.8. The number of hydrogen-bond acceptors (Lipinski definition) is 7. The number of hydrogen-bond donors (Lipinski definition) is 1. The third-order valence-corrected chi connectivity index (χ3v) is 16.9. The van der Waals surface area contributed by atoms with Crippen molar-refractivity contribution in [3.8, 4) is 0 Å². The minimum atomic E-state index is -1.85. The molecule has 0 heterocycles. The lowest BCUT2D eigenvalue weighted by Crippen LogP contribution is -2.62. The summed E-state index contributed by atoms with van der Waals surface area (Å²) >= 11 is 0. The van der Waals surface area contributed by atoms with Crippen LogP contribution < -0.4 is 0 Å². The molecule has 0 unspecified atom stereocenters. The summed E-state index contributed by atoms with van der Waals surface area (Å²) in [6.45, 7) is 39.3. The molecule has 51 heavy (non-hydrogen) atoms. The Kier molecular flexibility index (Phi) is 12.6. The van der Waals surface area contributed by atoms with Gasteiger partial charge >= 0.3 is 0 Å². The van der Waals surface area contributed by atoms with Crippen molar-refractivity contribution in [2.75, 3.05) is 7.11 Å². The molecule has 0 spiro atoms. The molecule has 10 atom stereocenters. The van der Waals surface area contributed by atoms with Crippen molar-refractivity contribution in [3.63, 3.8) is 0 Å². The molecule has 0 aromatic heterocycles. The van der Waals surface area contributed by atoms with Gasteiger partial charge in [-0.15, -0.1) is 0 Å². The molecular formula is C40H79NO6Si4. The van der Waals surface area contributed by atoms with Gasteiger partial charge in [0.15, 0.2) is 33.3 Å². The first-order valence-electron chi connectivity index (χ1n) is 20.2. The van der Waals surface area contributed by atoms with Crippen LogP contribution in [0.2, 0.25) is 78.6 Å². The Morgan fingerprint density at radius 2 is 1.43 bits per heavy atom. The monoisotopic (exact) mass is 781 g/mol. The Labute approximate surface area is 317 Å². The minimum Gasteiger partial charge on any atom is -0.414 e. The van der Waals surface area contributed by atoms with E-state index in [1.807, 2.05) is 0 Å². The van der Waals surface area contributed by atoms with Crippen LogP contribution in [0.25, 0.3) is 0 Å². The summed E-state index contributed by atoms with van der Waals surface area (Å²) in [6, 6.07) is 0. The molecule has 4 aliphatic rings. The molecule has 296 valence electrons. The van der Waals surface area contributed by atoms with Crippen molar-refractivity contribution in [1.29, 1.82) is 0 Å². The predicted octanol–water partition coefficient (Wildman–Crippen LogP) is 10.6. The van der Waals surface area contributed by atoms with E-state index < -0.39 is 38.9 Å². The largest absolute Gasteiger partial charge is 0.414 e. The number of oxime groups is 1. The molecule has 0 bridgehead atoms. The summed E-state index contributed by atoms with van der Waals surface area (Å²) < 4.78 is 27.7. The summed E-state index contributed by atoms with van der Waals surface area (Å²) in [6.07, 6.45) is 10.1. The quantitative estimate of drug-likeness (QED) is 0.140. The van der Waals surface area contributed by atoms with Crippen LogP contribution in [0.5, 0.6) is 0 Å². The Morgan fingerprint density at radius 3 is 1.96 bits per heavy atom. The molecular weight excluding hydrogens is 703 g/mol. The highest BCUT2D eigenvalue weighted by Gasteiger charge is 2.67. The smallest absolute Gasteiger partial charge is 0.184 e. The molecule has 0 aromatic rings. The second-order valence-corrected chi connectivity index (χ2v) is 39.8. The summed E-state index contributed by atoms with van der Waals surface area (Å²) in [7, 11) is -5.55. The van der Waals surface area contributed by atoms with Crippen LogP contribution in [-0.2, 0) is 22.5 Å². The van der Waals surface area contributed by atoms with E-state index in [-0.39, 0.29) is 46.6 Å². The van der Waals surface area contributed by atoms with E-state index in [4.69, 9.17) is 27.7 Å². The van der Waals surface area contributed by atoms with E-state index in [0.717, 1.165) is 57.1 Å². The third kappa shape index (κ3) is 9.82. The van der Waals surface area contributed by atoms with Crippen LogP contribution >= 0.6 is 0 Å². The summed E-state index contributed by atoms with van der Waals surface area (Å²) in [5, 5.41) is 18.0. The van der Waals surface area contributed by atoms with E-state index in [2.05, 4.69) is 119 Å². The Morgan fingerprint density at radius 1 is 0.843 bits per heavy atom. The van der Waals surface area contributed by atoms with Gasteiger partial charge in [0.25, 0.3) is 0 Å². The van der Waals surface area contributed by atoms with Crippen LogP contribution in [-0.4, -0.2) is 80.7 Å². The van der Waals surface area contributed by atoms with E-state index in [0.29, 0.717) is 11.8 Å². The van der Waals surface area contributed by atoms with Crippen LogP contribution in [0.3, 0.4) is 0 Å². The maximum atomic E-state index is 13.3. The first-order chi connectivity index (χ1) is 22.9. The fourth-order valence-electron chi connectivity index (χ4n) is 11.1. The summed E-state index contributed by atoms with van der Waals surface area (Å²) in [5.74, 6) is 1.12. The van der Waals surface area contributed by atoms with E-state index in [1.165, 1.54) is 5.57 Å². The summed E-state index contributed by atoms with van der Waals surface area (Å²) in [4.78, 5) is 5.57. The zero-order chi connectivity index (χ0) is 38.8. The highest BCUT2D eigenvalue weighted by Crippen LogP contribution is 2.68. The van der Waals surface area contributed by atoms with Gasteiger partial charge in [0.05, 0.1) is 29.1 Å². The van der Waals surface area contributed by atoms with Gasteiger partial charge in [-0.2, -0.15) is 0 Å². The first-order valence-corrected chi connectivity index (χ1v) is 33.9. The van der Waals surface area contributed by atoms with Crippen LogP contribution in [0.4, 0.5) is 0 Å². The van der Waals surface area contributed by atoms with Crippen LogP contribution in [0.15, 0.2) is 16.8 Å². The molecule has 4 rings (SSSR count).